The highest BCUT2D eigenvalue weighted by molar-refractivity contribution is 7.90. The standard InChI is InChI=1S/C16H10Cl4N4O3S/c1-8-15(21-23-24(8)13-7-10(18)2-4-11(13)19)16(25)22-28(26,27)14-5-3-9(17)6-12(14)20/h2-7H,1H3,(H,22,25). The van der Waals surface area contributed by atoms with Crippen molar-refractivity contribution in [2.24, 2.45) is 0 Å². The first-order valence-electron chi connectivity index (χ1n) is 7.50. The number of carbonyl (C=O) groups is 1. The Hall–Kier alpha value is -1.84. The van der Waals surface area contributed by atoms with Gasteiger partial charge in [-0.05, 0) is 43.3 Å². The molecule has 0 aliphatic carbocycles. The molecule has 1 aromatic heterocycles. The fourth-order valence-electron chi connectivity index (χ4n) is 2.33. The Balaban J connectivity index is 1.94. The van der Waals surface area contributed by atoms with Crippen molar-refractivity contribution >= 4 is 62.3 Å². The lowest BCUT2D eigenvalue weighted by Crippen LogP contribution is -2.31. The number of amides is 1. The quantitative estimate of drug-likeness (QED) is 0.601. The number of benzene rings is 2. The van der Waals surface area contributed by atoms with Gasteiger partial charge in [-0.15, -0.1) is 5.10 Å². The monoisotopic (exact) mass is 478 g/mol. The van der Waals surface area contributed by atoms with E-state index < -0.39 is 15.9 Å². The van der Waals surface area contributed by atoms with Crippen molar-refractivity contribution in [1.82, 2.24) is 19.7 Å². The van der Waals surface area contributed by atoms with Gasteiger partial charge < -0.3 is 0 Å². The van der Waals surface area contributed by atoms with Gasteiger partial charge in [0.25, 0.3) is 15.9 Å². The summed E-state index contributed by atoms with van der Waals surface area (Å²) in [5.41, 5.74) is 0.450. The summed E-state index contributed by atoms with van der Waals surface area (Å²) in [5, 5.41) is 8.48. The van der Waals surface area contributed by atoms with Crippen LogP contribution < -0.4 is 4.72 Å². The SMILES string of the molecule is Cc1c(C(=O)NS(=O)(=O)c2ccc(Cl)cc2Cl)nnn1-c1cc(Cl)ccc1Cl. The first-order chi connectivity index (χ1) is 13.1. The van der Waals surface area contributed by atoms with E-state index >= 15 is 0 Å². The Morgan fingerprint density at radius 2 is 1.64 bits per heavy atom. The molecule has 12 heteroatoms. The predicted molar refractivity (Wildman–Crippen MR) is 107 cm³/mol. The van der Waals surface area contributed by atoms with E-state index in [1.165, 1.54) is 35.9 Å². The Bertz CT molecular complexity index is 1190. The van der Waals surface area contributed by atoms with Crippen molar-refractivity contribution in [3.63, 3.8) is 0 Å². The van der Waals surface area contributed by atoms with Gasteiger partial charge in [-0.3, -0.25) is 4.79 Å². The van der Waals surface area contributed by atoms with Crippen LogP contribution in [0.3, 0.4) is 0 Å². The molecule has 0 bridgehead atoms. The zero-order chi connectivity index (χ0) is 20.6. The van der Waals surface area contributed by atoms with Crippen LogP contribution >= 0.6 is 46.4 Å². The Morgan fingerprint density at radius 3 is 2.32 bits per heavy atom. The highest BCUT2D eigenvalue weighted by Gasteiger charge is 2.26. The minimum Gasteiger partial charge on any atom is -0.266 e. The number of nitrogens with one attached hydrogen (secondary N) is 1. The van der Waals surface area contributed by atoms with Crippen LogP contribution in [0.25, 0.3) is 5.69 Å². The van der Waals surface area contributed by atoms with Crippen LogP contribution in [0.5, 0.6) is 0 Å². The number of hydrogen-bond acceptors (Lipinski definition) is 5. The van der Waals surface area contributed by atoms with Crippen molar-refractivity contribution in [2.75, 3.05) is 0 Å². The van der Waals surface area contributed by atoms with E-state index in [1.54, 1.807) is 12.1 Å². The second-order valence-corrected chi connectivity index (χ2v) is 8.88. The van der Waals surface area contributed by atoms with Gasteiger partial charge in [0.05, 0.1) is 21.4 Å². The maximum Gasteiger partial charge on any atom is 0.287 e. The van der Waals surface area contributed by atoms with Gasteiger partial charge in [0, 0.05) is 10.0 Å². The predicted octanol–water partition coefficient (Wildman–Crippen LogP) is 4.31. The first kappa shape index (κ1) is 20.9. The van der Waals surface area contributed by atoms with Crippen molar-refractivity contribution in [3.05, 3.63) is 67.9 Å². The van der Waals surface area contributed by atoms with Crippen LogP contribution in [0, 0.1) is 6.92 Å². The van der Waals surface area contributed by atoms with Crippen LogP contribution in [0.2, 0.25) is 20.1 Å². The second kappa shape index (κ2) is 7.88. The highest BCUT2D eigenvalue weighted by Crippen LogP contribution is 2.26. The molecule has 1 amide bonds. The molecule has 0 saturated carbocycles. The molecule has 1 heterocycles. The average molecular weight is 480 g/mol. The number of nitrogens with zero attached hydrogens (tertiary/aromatic N) is 3. The van der Waals surface area contributed by atoms with Crippen LogP contribution in [-0.4, -0.2) is 29.3 Å². The molecule has 146 valence electrons. The summed E-state index contributed by atoms with van der Waals surface area (Å²) in [6.07, 6.45) is 0. The highest BCUT2D eigenvalue weighted by atomic mass is 35.5. The third-order valence-electron chi connectivity index (χ3n) is 3.66. The van der Waals surface area contributed by atoms with Crippen molar-refractivity contribution in [2.45, 2.75) is 11.8 Å². The van der Waals surface area contributed by atoms with E-state index in [4.69, 9.17) is 46.4 Å². The van der Waals surface area contributed by atoms with E-state index in [9.17, 15) is 13.2 Å². The maximum atomic E-state index is 12.5. The number of halogens is 4. The van der Waals surface area contributed by atoms with E-state index in [1.807, 2.05) is 4.72 Å². The van der Waals surface area contributed by atoms with Gasteiger partial charge in [-0.1, -0.05) is 51.6 Å². The molecular weight excluding hydrogens is 470 g/mol. The van der Waals surface area contributed by atoms with Gasteiger partial charge in [0.2, 0.25) is 0 Å². The zero-order valence-corrected chi connectivity index (χ0v) is 17.8. The summed E-state index contributed by atoms with van der Waals surface area (Å²) in [6.45, 7) is 1.54. The Kier molecular flexibility index (Phi) is 5.88. The second-order valence-electron chi connectivity index (χ2n) is 5.54. The lowest BCUT2D eigenvalue weighted by atomic mass is 10.3. The Morgan fingerprint density at radius 1 is 1.00 bits per heavy atom. The van der Waals surface area contributed by atoms with E-state index in [2.05, 4.69) is 10.3 Å². The lowest BCUT2D eigenvalue weighted by molar-refractivity contribution is 0.0976. The molecule has 1 N–H and O–H groups in total. The van der Waals surface area contributed by atoms with Crippen LogP contribution in [0.1, 0.15) is 16.2 Å². The van der Waals surface area contributed by atoms with Crippen LogP contribution in [0.4, 0.5) is 0 Å². The average Bonchev–Trinajstić information content (AvgIpc) is 2.97. The van der Waals surface area contributed by atoms with Crippen LogP contribution in [-0.2, 0) is 10.0 Å². The first-order valence-corrected chi connectivity index (χ1v) is 10.5. The summed E-state index contributed by atoms with van der Waals surface area (Å²) >= 11 is 23.8. The molecule has 2 aromatic carbocycles. The normalized spacial score (nSPS) is 11.5. The van der Waals surface area contributed by atoms with Gasteiger partial charge in [0.15, 0.2) is 5.69 Å². The minimum absolute atomic E-state index is 0.126. The molecule has 0 radical (unpaired) electrons. The summed E-state index contributed by atoms with van der Waals surface area (Å²) in [7, 11) is -4.26. The fraction of sp³-hybridized carbons (Fsp3) is 0.0625. The third kappa shape index (κ3) is 4.11. The topological polar surface area (TPSA) is 93.9 Å². The molecule has 28 heavy (non-hydrogen) atoms. The number of hydrogen-bond donors (Lipinski definition) is 1. The number of sulfonamides is 1. The fourth-order valence-corrected chi connectivity index (χ4v) is 4.43. The lowest BCUT2D eigenvalue weighted by Gasteiger charge is -2.09. The van der Waals surface area contributed by atoms with E-state index in [0.717, 1.165) is 0 Å². The number of aromatic nitrogens is 3. The summed E-state index contributed by atoms with van der Waals surface area (Å²) in [6, 6.07) is 8.48. The number of rotatable bonds is 4. The summed E-state index contributed by atoms with van der Waals surface area (Å²) in [4.78, 5) is 12.2. The van der Waals surface area contributed by atoms with Crippen molar-refractivity contribution in [3.8, 4) is 5.69 Å². The van der Waals surface area contributed by atoms with Crippen molar-refractivity contribution in [1.29, 1.82) is 0 Å². The molecule has 3 aromatic rings. The van der Waals surface area contributed by atoms with Crippen molar-refractivity contribution < 1.29 is 13.2 Å². The van der Waals surface area contributed by atoms with Gasteiger partial charge >= 0.3 is 0 Å². The maximum absolute atomic E-state index is 12.5. The minimum atomic E-state index is -4.26. The molecule has 0 spiro atoms. The molecule has 0 atom stereocenters. The van der Waals surface area contributed by atoms with E-state index in [0.29, 0.717) is 15.7 Å². The molecular formula is C16H10Cl4N4O3S. The summed E-state index contributed by atoms with van der Waals surface area (Å²) < 4.78 is 28.2. The summed E-state index contributed by atoms with van der Waals surface area (Å²) in [5.74, 6) is -0.979. The van der Waals surface area contributed by atoms with Gasteiger partial charge in [-0.2, -0.15) is 0 Å². The smallest absolute Gasteiger partial charge is 0.266 e. The Labute approximate surface area is 180 Å². The molecule has 0 aliphatic heterocycles. The van der Waals surface area contributed by atoms with Gasteiger partial charge in [0.1, 0.15) is 4.90 Å². The molecule has 3 rings (SSSR count). The molecule has 0 unspecified atom stereocenters. The number of carbonyl (C=O) groups excluding carboxylic acids is 1. The zero-order valence-electron chi connectivity index (χ0n) is 14.0. The van der Waals surface area contributed by atoms with Gasteiger partial charge in [-0.25, -0.2) is 17.8 Å². The molecule has 0 fully saturated rings. The van der Waals surface area contributed by atoms with E-state index in [-0.39, 0.29) is 26.3 Å². The molecule has 0 saturated heterocycles. The molecule has 0 aliphatic rings. The van der Waals surface area contributed by atoms with Crippen LogP contribution in [0.15, 0.2) is 41.3 Å². The largest absolute Gasteiger partial charge is 0.287 e. The molecule has 7 nitrogen and oxygen atoms in total. The third-order valence-corrected chi connectivity index (χ3v) is 6.26.